The number of hydrogen-bond acceptors (Lipinski definition) is 3. The Bertz CT molecular complexity index is 780. The van der Waals surface area contributed by atoms with Crippen molar-refractivity contribution in [2.24, 2.45) is 4.99 Å². The summed E-state index contributed by atoms with van der Waals surface area (Å²) in [5.41, 5.74) is 1.73. The summed E-state index contributed by atoms with van der Waals surface area (Å²) in [6.07, 6.45) is 3.24. The molecule has 2 aromatic carbocycles. The minimum atomic E-state index is -0.541. The number of hydrogen-bond donors (Lipinski definition) is 0. The van der Waals surface area contributed by atoms with Gasteiger partial charge in [-0.15, -0.1) is 0 Å². The van der Waals surface area contributed by atoms with E-state index in [0.717, 1.165) is 38.2 Å². The maximum Gasteiger partial charge on any atom is 0.273 e. The summed E-state index contributed by atoms with van der Waals surface area (Å²) in [7, 11) is 0. The predicted octanol–water partition coefficient (Wildman–Crippen LogP) is 3.75. The van der Waals surface area contributed by atoms with E-state index in [9.17, 15) is 4.79 Å². The predicted molar refractivity (Wildman–Crippen MR) is 101 cm³/mol. The SMILES string of the molecule is O=C1N=CN(c2ccc(Cl)cc2)C12CCN(Cc1ccccc1)CC2. The zero-order valence-electron chi connectivity index (χ0n) is 13.9. The molecule has 0 aliphatic carbocycles. The molecular weight excluding hydrogens is 334 g/mol. The molecule has 2 heterocycles. The van der Waals surface area contributed by atoms with Crippen LogP contribution < -0.4 is 4.90 Å². The number of carbonyl (C=O) groups is 1. The molecule has 0 saturated carbocycles. The van der Waals surface area contributed by atoms with E-state index < -0.39 is 5.54 Å². The third-order valence-electron chi connectivity index (χ3n) is 5.19. The Labute approximate surface area is 152 Å². The minimum absolute atomic E-state index is 0.0261. The van der Waals surface area contributed by atoms with Crippen LogP contribution in [0.25, 0.3) is 0 Å². The molecule has 0 radical (unpaired) electrons. The molecule has 2 aliphatic heterocycles. The highest BCUT2D eigenvalue weighted by molar-refractivity contribution is 6.30. The van der Waals surface area contributed by atoms with Crippen molar-refractivity contribution in [3.63, 3.8) is 0 Å². The number of benzene rings is 2. The Hall–Kier alpha value is -2.17. The van der Waals surface area contributed by atoms with Crippen molar-refractivity contribution in [2.45, 2.75) is 24.9 Å². The number of rotatable bonds is 3. The van der Waals surface area contributed by atoms with Crippen molar-refractivity contribution in [3.05, 3.63) is 65.2 Å². The number of carbonyl (C=O) groups excluding carboxylic acids is 1. The van der Waals surface area contributed by atoms with Gasteiger partial charge in [0.15, 0.2) is 0 Å². The summed E-state index contributed by atoms with van der Waals surface area (Å²) in [6.45, 7) is 2.69. The number of halogens is 1. The van der Waals surface area contributed by atoms with Crippen LogP contribution in [-0.2, 0) is 11.3 Å². The molecule has 128 valence electrons. The first-order valence-corrected chi connectivity index (χ1v) is 8.95. The molecular formula is C20H20ClN3O. The van der Waals surface area contributed by atoms with Gasteiger partial charge in [-0.05, 0) is 42.7 Å². The van der Waals surface area contributed by atoms with Crippen molar-refractivity contribution in [2.75, 3.05) is 18.0 Å². The first-order chi connectivity index (χ1) is 12.2. The van der Waals surface area contributed by atoms with Gasteiger partial charge in [0.2, 0.25) is 0 Å². The van der Waals surface area contributed by atoms with Gasteiger partial charge in [-0.25, -0.2) is 4.99 Å². The highest BCUT2D eigenvalue weighted by Crippen LogP contribution is 2.37. The quantitative estimate of drug-likeness (QED) is 0.843. The van der Waals surface area contributed by atoms with Crippen LogP contribution in [-0.4, -0.2) is 35.8 Å². The van der Waals surface area contributed by atoms with Gasteiger partial charge in [-0.1, -0.05) is 41.9 Å². The van der Waals surface area contributed by atoms with Crippen LogP contribution in [0.15, 0.2) is 59.6 Å². The lowest BCUT2D eigenvalue weighted by Gasteiger charge is -2.43. The van der Waals surface area contributed by atoms with Gasteiger partial charge >= 0.3 is 0 Å². The number of anilines is 1. The fourth-order valence-electron chi connectivity index (χ4n) is 3.74. The molecule has 2 aliphatic rings. The maximum atomic E-state index is 12.6. The van der Waals surface area contributed by atoms with E-state index in [1.807, 2.05) is 35.2 Å². The second kappa shape index (κ2) is 6.62. The van der Waals surface area contributed by atoms with Crippen molar-refractivity contribution in [3.8, 4) is 0 Å². The minimum Gasteiger partial charge on any atom is -0.317 e. The molecule has 0 aromatic heterocycles. The smallest absolute Gasteiger partial charge is 0.273 e. The van der Waals surface area contributed by atoms with Crippen molar-refractivity contribution >= 4 is 29.5 Å². The monoisotopic (exact) mass is 353 g/mol. The fraction of sp³-hybridized carbons (Fsp3) is 0.300. The number of aliphatic imine (C=N–C) groups is 1. The fourth-order valence-corrected chi connectivity index (χ4v) is 3.86. The molecule has 4 rings (SSSR count). The molecule has 0 atom stereocenters. The second-order valence-electron chi connectivity index (χ2n) is 6.69. The topological polar surface area (TPSA) is 35.9 Å². The Morgan fingerprint density at radius 3 is 2.36 bits per heavy atom. The van der Waals surface area contributed by atoms with Gasteiger partial charge in [-0.2, -0.15) is 0 Å². The van der Waals surface area contributed by atoms with Crippen LogP contribution in [0.5, 0.6) is 0 Å². The number of amides is 1. The van der Waals surface area contributed by atoms with Crippen LogP contribution >= 0.6 is 11.6 Å². The maximum absolute atomic E-state index is 12.6. The largest absolute Gasteiger partial charge is 0.317 e. The molecule has 1 spiro atoms. The zero-order chi connectivity index (χ0) is 17.3. The van der Waals surface area contributed by atoms with Crippen LogP contribution in [0, 0.1) is 0 Å². The first-order valence-electron chi connectivity index (χ1n) is 8.57. The lowest BCUT2D eigenvalue weighted by atomic mass is 9.85. The van der Waals surface area contributed by atoms with Crippen molar-refractivity contribution < 1.29 is 4.79 Å². The molecule has 2 aromatic rings. The molecule has 0 unspecified atom stereocenters. The molecule has 5 heteroatoms. The Balaban J connectivity index is 1.50. The normalized spacial score (nSPS) is 19.7. The third kappa shape index (κ3) is 3.08. The molecule has 0 N–H and O–H groups in total. The Morgan fingerprint density at radius 2 is 1.68 bits per heavy atom. The summed E-state index contributed by atoms with van der Waals surface area (Å²) in [5, 5.41) is 0.693. The van der Waals surface area contributed by atoms with E-state index in [2.05, 4.69) is 34.2 Å². The lowest BCUT2D eigenvalue weighted by Crippen LogP contribution is -2.56. The Kier molecular flexibility index (Phi) is 4.32. The number of likely N-dealkylation sites (tertiary alicyclic amines) is 1. The highest BCUT2D eigenvalue weighted by atomic mass is 35.5. The van der Waals surface area contributed by atoms with Gasteiger partial charge in [0, 0.05) is 30.3 Å². The average molecular weight is 354 g/mol. The number of piperidine rings is 1. The van der Waals surface area contributed by atoms with Gasteiger partial charge in [-0.3, -0.25) is 9.69 Å². The molecule has 0 bridgehead atoms. The van der Waals surface area contributed by atoms with E-state index in [-0.39, 0.29) is 5.91 Å². The van der Waals surface area contributed by atoms with Crippen LogP contribution in [0.3, 0.4) is 0 Å². The molecule has 1 saturated heterocycles. The number of nitrogens with zero attached hydrogens (tertiary/aromatic N) is 3. The van der Waals surface area contributed by atoms with E-state index in [1.165, 1.54) is 5.56 Å². The van der Waals surface area contributed by atoms with E-state index in [1.54, 1.807) is 6.34 Å². The van der Waals surface area contributed by atoms with Crippen molar-refractivity contribution in [1.29, 1.82) is 0 Å². The average Bonchev–Trinajstić information content (AvgIpc) is 2.95. The van der Waals surface area contributed by atoms with Crippen molar-refractivity contribution in [1.82, 2.24) is 4.90 Å². The van der Waals surface area contributed by atoms with Gasteiger partial charge in [0.05, 0.1) is 6.34 Å². The zero-order valence-corrected chi connectivity index (χ0v) is 14.7. The summed E-state index contributed by atoms with van der Waals surface area (Å²) in [4.78, 5) is 21.1. The van der Waals surface area contributed by atoms with E-state index >= 15 is 0 Å². The molecule has 1 fully saturated rings. The molecule has 25 heavy (non-hydrogen) atoms. The van der Waals surface area contributed by atoms with Gasteiger partial charge in [0.25, 0.3) is 5.91 Å². The van der Waals surface area contributed by atoms with Gasteiger partial charge < -0.3 is 4.90 Å². The molecule has 1 amide bonds. The summed E-state index contributed by atoms with van der Waals surface area (Å²) >= 11 is 5.99. The standard InChI is InChI=1S/C20H20ClN3O/c21-17-6-8-18(9-7-17)24-15-22-19(25)20(24)10-12-23(13-11-20)14-16-4-2-1-3-5-16/h1-9,15H,10-14H2. The highest BCUT2D eigenvalue weighted by Gasteiger charge is 2.49. The van der Waals surface area contributed by atoms with E-state index in [0.29, 0.717) is 5.02 Å². The lowest BCUT2D eigenvalue weighted by molar-refractivity contribution is -0.123. The first kappa shape index (κ1) is 16.3. The van der Waals surface area contributed by atoms with Gasteiger partial charge in [0.1, 0.15) is 5.54 Å². The summed E-state index contributed by atoms with van der Waals surface area (Å²) in [6, 6.07) is 18.1. The van der Waals surface area contributed by atoms with E-state index in [4.69, 9.17) is 11.6 Å². The summed E-state index contributed by atoms with van der Waals surface area (Å²) in [5.74, 6) is -0.0261. The second-order valence-corrected chi connectivity index (χ2v) is 7.13. The van der Waals surface area contributed by atoms with Crippen LogP contribution in [0.1, 0.15) is 18.4 Å². The molecule has 4 nitrogen and oxygen atoms in total. The van der Waals surface area contributed by atoms with Crippen LogP contribution in [0.4, 0.5) is 5.69 Å². The Morgan fingerprint density at radius 1 is 1.00 bits per heavy atom. The summed E-state index contributed by atoms with van der Waals surface area (Å²) < 4.78 is 0. The third-order valence-corrected chi connectivity index (χ3v) is 5.44. The van der Waals surface area contributed by atoms with Crippen LogP contribution in [0.2, 0.25) is 5.02 Å².